The van der Waals surface area contributed by atoms with Gasteiger partial charge in [-0.2, -0.15) is 11.8 Å². The second-order valence-corrected chi connectivity index (χ2v) is 7.58. The van der Waals surface area contributed by atoms with E-state index in [4.69, 9.17) is 5.11 Å². The van der Waals surface area contributed by atoms with Gasteiger partial charge < -0.3 is 15.3 Å². The molecule has 0 spiro atoms. The molecule has 0 atom stereocenters. The first kappa shape index (κ1) is 17.1. The summed E-state index contributed by atoms with van der Waals surface area (Å²) in [5.74, 6) is 0.234. The molecule has 20 heavy (non-hydrogen) atoms. The van der Waals surface area contributed by atoms with Crippen LogP contribution in [0.5, 0.6) is 0 Å². The molecule has 6 heteroatoms. The fourth-order valence-corrected chi connectivity index (χ4v) is 3.21. The van der Waals surface area contributed by atoms with Gasteiger partial charge in [-0.05, 0) is 19.3 Å². The lowest BCUT2D eigenvalue weighted by Crippen LogP contribution is -2.41. The number of hydrogen-bond donors (Lipinski definition) is 2. The van der Waals surface area contributed by atoms with E-state index in [2.05, 4.69) is 19.2 Å². The van der Waals surface area contributed by atoms with Crippen LogP contribution in [0, 0.1) is 0 Å². The van der Waals surface area contributed by atoms with E-state index in [0.717, 1.165) is 38.1 Å². The molecule has 2 N–H and O–H groups in total. The summed E-state index contributed by atoms with van der Waals surface area (Å²) in [4.78, 5) is 24.3. The van der Waals surface area contributed by atoms with E-state index >= 15 is 0 Å². The number of carboxylic acids is 1. The van der Waals surface area contributed by atoms with Gasteiger partial charge in [-0.25, -0.2) is 4.79 Å². The van der Waals surface area contributed by atoms with Crippen molar-refractivity contribution in [2.45, 2.75) is 50.7 Å². The van der Waals surface area contributed by atoms with Crippen LogP contribution in [0.1, 0.15) is 46.0 Å². The number of unbranched alkanes of at least 4 members (excludes halogenated alkanes) is 2. The van der Waals surface area contributed by atoms with Gasteiger partial charge in [0.2, 0.25) is 0 Å². The van der Waals surface area contributed by atoms with Gasteiger partial charge in [-0.15, -0.1) is 0 Å². The van der Waals surface area contributed by atoms with Gasteiger partial charge in [0.1, 0.15) is 0 Å². The minimum atomic E-state index is -0.751. The smallest absolute Gasteiger partial charge is 0.317 e. The van der Waals surface area contributed by atoms with Crippen LogP contribution in [0.2, 0.25) is 0 Å². The summed E-state index contributed by atoms with van der Waals surface area (Å²) in [7, 11) is 0. The Kier molecular flexibility index (Phi) is 7.19. The number of carbonyl (C=O) groups is 2. The Morgan fingerprint density at radius 3 is 2.70 bits per heavy atom. The first-order valence-electron chi connectivity index (χ1n) is 7.29. The van der Waals surface area contributed by atoms with Gasteiger partial charge in [-0.3, -0.25) is 4.79 Å². The zero-order valence-electron chi connectivity index (χ0n) is 12.5. The van der Waals surface area contributed by atoms with Gasteiger partial charge in [0.15, 0.2) is 0 Å². The minimum absolute atomic E-state index is 0.0153. The van der Waals surface area contributed by atoms with Gasteiger partial charge in [0, 0.05) is 36.6 Å². The molecule has 0 aliphatic carbocycles. The summed E-state index contributed by atoms with van der Waals surface area (Å²) in [5, 5.41) is 11.4. The number of carbonyl (C=O) groups excluding carboxylic acids is 1. The van der Waals surface area contributed by atoms with E-state index in [9.17, 15) is 9.59 Å². The second-order valence-electron chi connectivity index (χ2n) is 5.78. The van der Waals surface area contributed by atoms with Crippen molar-refractivity contribution in [1.82, 2.24) is 10.2 Å². The molecule has 0 aromatic rings. The van der Waals surface area contributed by atoms with Crippen molar-refractivity contribution >= 4 is 23.8 Å². The molecule has 0 unspecified atom stereocenters. The van der Waals surface area contributed by atoms with Crippen molar-refractivity contribution in [2.75, 3.05) is 25.4 Å². The number of rotatable bonds is 6. The molecule has 0 aromatic heterocycles. The number of nitrogens with zero attached hydrogens (tertiary/aromatic N) is 1. The number of thioether (sulfide) groups is 1. The Bertz CT molecular complexity index is 334. The normalized spacial score (nSPS) is 18.4. The molecular formula is C14H26N2O3S. The number of carboxylic acid groups (broad SMARTS) is 1. The highest BCUT2D eigenvalue weighted by Crippen LogP contribution is 2.30. The number of amides is 2. The summed E-state index contributed by atoms with van der Waals surface area (Å²) < 4.78 is 0.256. The number of nitrogens with one attached hydrogen (secondary N) is 1. The fourth-order valence-electron chi connectivity index (χ4n) is 2.11. The predicted molar refractivity (Wildman–Crippen MR) is 82.2 cm³/mol. The minimum Gasteiger partial charge on any atom is -0.481 e. The molecule has 1 fully saturated rings. The molecule has 1 saturated heterocycles. The zero-order valence-corrected chi connectivity index (χ0v) is 13.3. The van der Waals surface area contributed by atoms with Crippen molar-refractivity contribution in [1.29, 1.82) is 0 Å². The van der Waals surface area contributed by atoms with Crippen LogP contribution < -0.4 is 5.32 Å². The van der Waals surface area contributed by atoms with Gasteiger partial charge in [0.25, 0.3) is 0 Å². The first-order chi connectivity index (χ1) is 9.41. The standard InChI is InChI=1S/C14H26N2O3S/c1-14(2)7-9-16(10-11-20-14)13(19)15-8-5-3-4-6-12(17)18/h3-11H2,1-2H3,(H,15,19)(H,17,18). The van der Waals surface area contributed by atoms with Crippen LogP contribution in [-0.2, 0) is 4.79 Å². The summed E-state index contributed by atoms with van der Waals surface area (Å²) in [6.07, 6.45) is 3.60. The van der Waals surface area contributed by atoms with Crippen molar-refractivity contribution in [2.24, 2.45) is 0 Å². The topological polar surface area (TPSA) is 69.6 Å². The molecule has 116 valence electrons. The van der Waals surface area contributed by atoms with Gasteiger partial charge in [0.05, 0.1) is 0 Å². The van der Waals surface area contributed by atoms with E-state index in [1.807, 2.05) is 16.7 Å². The van der Waals surface area contributed by atoms with E-state index in [-0.39, 0.29) is 17.2 Å². The van der Waals surface area contributed by atoms with Gasteiger partial charge in [-0.1, -0.05) is 20.3 Å². The second kappa shape index (κ2) is 8.39. The van der Waals surface area contributed by atoms with E-state index in [0.29, 0.717) is 13.0 Å². The van der Waals surface area contributed by atoms with Crippen LogP contribution in [0.25, 0.3) is 0 Å². The molecule has 0 bridgehead atoms. The Morgan fingerprint density at radius 2 is 2.00 bits per heavy atom. The van der Waals surface area contributed by atoms with Crippen molar-refractivity contribution in [3.05, 3.63) is 0 Å². The maximum absolute atomic E-state index is 12.0. The Balaban J connectivity index is 2.14. The van der Waals surface area contributed by atoms with E-state index in [1.165, 1.54) is 0 Å². The maximum Gasteiger partial charge on any atom is 0.317 e. The molecular weight excluding hydrogens is 276 g/mol. The number of aliphatic carboxylic acids is 1. The van der Waals surface area contributed by atoms with E-state index < -0.39 is 5.97 Å². The van der Waals surface area contributed by atoms with Crippen LogP contribution in [-0.4, -0.2) is 52.1 Å². The van der Waals surface area contributed by atoms with E-state index in [1.54, 1.807) is 0 Å². The highest BCUT2D eigenvalue weighted by Gasteiger charge is 2.25. The lowest BCUT2D eigenvalue weighted by Gasteiger charge is -2.23. The quantitative estimate of drug-likeness (QED) is 0.740. The largest absolute Gasteiger partial charge is 0.481 e. The average molecular weight is 302 g/mol. The highest BCUT2D eigenvalue weighted by molar-refractivity contribution is 8.00. The molecule has 1 rings (SSSR count). The summed E-state index contributed by atoms with van der Waals surface area (Å²) in [6.45, 7) is 6.69. The van der Waals surface area contributed by atoms with Crippen LogP contribution >= 0.6 is 11.8 Å². The molecule has 1 heterocycles. The van der Waals surface area contributed by atoms with Gasteiger partial charge >= 0.3 is 12.0 Å². The third kappa shape index (κ3) is 7.03. The molecule has 1 aliphatic rings. The SMILES string of the molecule is CC1(C)CCN(C(=O)NCCCCCC(=O)O)CCS1. The summed E-state index contributed by atoms with van der Waals surface area (Å²) in [6, 6.07) is 0.0153. The highest BCUT2D eigenvalue weighted by atomic mass is 32.2. The Morgan fingerprint density at radius 1 is 1.25 bits per heavy atom. The summed E-state index contributed by atoms with van der Waals surface area (Å²) in [5.41, 5.74) is 0. The van der Waals surface area contributed by atoms with Crippen LogP contribution in [0.4, 0.5) is 4.79 Å². The third-order valence-corrected chi connectivity index (χ3v) is 4.84. The van der Waals surface area contributed by atoms with Crippen LogP contribution in [0.15, 0.2) is 0 Å². The lowest BCUT2D eigenvalue weighted by molar-refractivity contribution is -0.137. The Hall–Kier alpha value is -0.910. The molecule has 0 saturated carbocycles. The first-order valence-corrected chi connectivity index (χ1v) is 8.28. The molecule has 2 amide bonds. The van der Waals surface area contributed by atoms with Crippen molar-refractivity contribution in [3.8, 4) is 0 Å². The van der Waals surface area contributed by atoms with Crippen LogP contribution in [0.3, 0.4) is 0 Å². The van der Waals surface area contributed by atoms with Crippen molar-refractivity contribution < 1.29 is 14.7 Å². The predicted octanol–water partition coefficient (Wildman–Crippen LogP) is 2.56. The number of hydrogen-bond acceptors (Lipinski definition) is 3. The third-order valence-electron chi connectivity index (χ3n) is 3.47. The monoisotopic (exact) mass is 302 g/mol. The zero-order chi connectivity index (χ0) is 15.0. The molecule has 5 nitrogen and oxygen atoms in total. The summed E-state index contributed by atoms with van der Waals surface area (Å²) >= 11 is 1.92. The fraction of sp³-hybridized carbons (Fsp3) is 0.857. The molecule has 1 aliphatic heterocycles. The van der Waals surface area contributed by atoms with Crippen molar-refractivity contribution in [3.63, 3.8) is 0 Å². The maximum atomic E-state index is 12.0. The molecule has 0 aromatic carbocycles. The lowest BCUT2D eigenvalue weighted by atomic mass is 10.1. The Labute approximate surface area is 125 Å². The average Bonchev–Trinajstić information content (AvgIpc) is 2.54. The number of urea groups is 1. The molecule has 0 radical (unpaired) electrons.